The number of alkyl halides is 2. The summed E-state index contributed by atoms with van der Waals surface area (Å²) < 4.78 is 28.7. The molecule has 0 saturated carbocycles. The number of hydrogen-bond acceptors (Lipinski definition) is 3. The average molecular weight is 317 g/mol. The van der Waals surface area contributed by atoms with E-state index in [1.54, 1.807) is 15.6 Å². The quantitative estimate of drug-likeness (QED) is 0.811. The molecule has 0 radical (unpaired) electrons. The van der Waals surface area contributed by atoms with E-state index < -0.39 is 5.92 Å². The van der Waals surface area contributed by atoms with Crippen molar-refractivity contribution >= 4 is 27.5 Å². The summed E-state index contributed by atoms with van der Waals surface area (Å²) >= 11 is 3.36. The first kappa shape index (κ1) is 11.8. The SMILES string of the molecule is FC1(F)CCN(c2nc3cc(Br)ccn3n2)CC1. The van der Waals surface area contributed by atoms with Crippen molar-refractivity contribution in [1.82, 2.24) is 14.6 Å². The van der Waals surface area contributed by atoms with Gasteiger partial charge >= 0.3 is 0 Å². The van der Waals surface area contributed by atoms with Crippen molar-refractivity contribution in [2.24, 2.45) is 0 Å². The molecule has 18 heavy (non-hydrogen) atoms. The van der Waals surface area contributed by atoms with Gasteiger partial charge in [0, 0.05) is 36.6 Å². The highest BCUT2D eigenvalue weighted by Crippen LogP contribution is 2.29. The van der Waals surface area contributed by atoms with E-state index in [4.69, 9.17) is 0 Å². The maximum atomic E-state index is 13.1. The average Bonchev–Trinajstić information content (AvgIpc) is 2.71. The first-order valence-electron chi connectivity index (χ1n) is 5.68. The van der Waals surface area contributed by atoms with Crippen LogP contribution in [0.4, 0.5) is 14.7 Å². The lowest BCUT2D eigenvalue weighted by Gasteiger charge is -2.30. The second kappa shape index (κ2) is 4.15. The summed E-state index contributed by atoms with van der Waals surface area (Å²) in [7, 11) is 0. The van der Waals surface area contributed by atoms with Gasteiger partial charge in [-0.05, 0) is 12.1 Å². The summed E-state index contributed by atoms with van der Waals surface area (Å²) in [6.45, 7) is 0.593. The maximum Gasteiger partial charge on any atom is 0.251 e. The molecule has 0 amide bonds. The third-order valence-corrected chi connectivity index (χ3v) is 3.56. The Morgan fingerprint density at radius 3 is 2.72 bits per heavy atom. The Morgan fingerprint density at radius 2 is 2.00 bits per heavy atom. The Labute approximate surface area is 111 Å². The van der Waals surface area contributed by atoms with Crippen LogP contribution in [0.15, 0.2) is 22.8 Å². The van der Waals surface area contributed by atoms with Gasteiger partial charge in [0.2, 0.25) is 5.95 Å². The third kappa shape index (κ3) is 2.19. The van der Waals surface area contributed by atoms with Gasteiger partial charge in [-0.3, -0.25) is 0 Å². The van der Waals surface area contributed by atoms with Crippen LogP contribution in [0.25, 0.3) is 5.65 Å². The molecule has 2 aromatic rings. The molecule has 3 heterocycles. The highest BCUT2D eigenvalue weighted by Gasteiger charge is 2.35. The van der Waals surface area contributed by atoms with Crippen LogP contribution in [-0.4, -0.2) is 33.6 Å². The fraction of sp³-hybridized carbons (Fsp3) is 0.455. The highest BCUT2D eigenvalue weighted by atomic mass is 79.9. The molecule has 2 aromatic heterocycles. The van der Waals surface area contributed by atoms with Crippen LogP contribution < -0.4 is 4.90 Å². The van der Waals surface area contributed by atoms with E-state index in [0.717, 1.165) is 4.47 Å². The number of nitrogens with zero attached hydrogens (tertiary/aromatic N) is 4. The van der Waals surface area contributed by atoms with Gasteiger partial charge < -0.3 is 4.90 Å². The predicted molar refractivity (Wildman–Crippen MR) is 67.1 cm³/mol. The Kier molecular flexibility index (Phi) is 2.73. The summed E-state index contributed by atoms with van der Waals surface area (Å²) in [6, 6.07) is 3.70. The van der Waals surface area contributed by atoms with Gasteiger partial charge in [-0.1, -0.05) is 15.9 Å². The molecule has 7 heteroatoms. The Bertz CT molecular complexity index is 573. The van der Waals surface area contributed by atoms with Crippen molar-refractivity contribution in [2.45, 2.75) is 18.8 Å². The summed E-state index contributed by atoms with van der Waals surface area (Å²) in [5.41, 5.74) is 0.705. The minimum atomic E-state index is -2.54. The molecule has 1 fully saturated rings. The molecule has 4 nitrogen and oxygen atoms in total. The second-order valence-corrected chi connectivity index (χ2v) is 5.32. The molecule has 0 spiro atoms. The zero-order valence-corrected chi connectivity index (χ0v) is 11.1. The number of anilines is 1. The number of halogens is 3. The molecule has 0 atom stereocenters. The molecule has 0 aromatic carbocycles. The van der Waals surface area contributed by atoms with E-state index in [1.165, 1.54) is 0 Å². The minimum Gasteiger partial charge on any atom is -0.339 e. The minimum absolute atomic E-state index is 0.133. The van der Waals surface area contributed by atoms with Gasteiger partial charge in [-0.15, -0.1) is 5.10 Å². The topological polar surface area (TPSA) is 33.4 Å². The molecule has 0 bridgehead atoms. The van der Waals surface area contributed by atoms with E-state index in [1.807, 2.05) is 12.1 Å². The summed E-state index contributed by atoms with van der Waals surface area (Å²) in [5, 5.41) is 4.29. The lowest BCUT2D eigenvalue weighted by atomic mass is 10.1. The van der Waals surface area contributed by atoms with Crippen LogP contribution in [0.2, 0.25) is 0 Å². The molecule has 0 aliphatic carbocycles. The molecular weight excluding hydrogens is 306 g/mol. The van der Waals surface area contributed by atoms with Gasteiger partial charge in [-0.25, -0.2) is 13.3 Å². The van der Waals surface area contributed by atoms with Crippen molar-refractivity contribution in [3.05, 3.63) is 22.8 Å². The van der Waals surface area contributed by atoms with E-state index in [0.29, 0.717) is 24.7 Å². The zero-order chi connectivity index (χ0) is 12.8. The summed E-state index contributed by atoms with van der Waals surface area (Å²) in [4.78, 5) is 6.15. The van der Waals surface area contributed by atoms with E-state index in [2.05, 4.69) is 26.0 Å². The standard InChI is InChI=1S/C11H11BrF2N4/c12-8-1-4-18-9(7-8)15-10(16-18)17-5-2-11(13,14)3-6-17/h1,4,7H,2-3,5-6H2. The molecular formula is C11H11BrF2N4. The molecule has 1 aliphatic heterocycles. The Hall–Kier alpha value is -1.24. The van der Waals surface area contributed by atoms with Crippen LogP contribution in [0.1, 0.15) is 12.8 Å². The van der Waals surface area contributed by atoms with Gasteiger partial charge in [0.05, 0.1) is 0 Å². The van der Waals surface area contributed by atoms with Gasteiger partial charge in [-0.2, -0.15) is 4.98 Å². The van der Waals surface area contributed by atoms with Crippen LogP contribution in [0, 0.1) is 0 Å². The Balaban J connectivity index is 1.87. The van der Waals surface area contributed by atoms with Gasteiger partial charge in [0.1, 0.15) is 0 Å². The van der Waals surface area contributed by atoms with E-state index in [-0.39, 0.29) is 12.8 Å². The fourth-order valence-electron chi connectivity index (χ4n) is 2.01. The highest BCUT2D eigenvalue weighted by molar-refractivity contribution is 9.10. The Morgan fingerprint density at radius 1 is 1.28 bits per heavy atom. The van der Waals surface area contributed by atoms with Crippen molar-refractivity contribution in [3.8, 4) is 0 Å². The molecule has 0 N–H and O–H groups in total. The van der Waals surface area contributed by atoms with Crippen molar-refractivity contribution in [3.63, 3.8) is 0 Å². The predicted octanol–water partition coefficient (Wildman–Crippen LogP) is 2.73. The molecule has 1 saturated heterocycles. The maximum absolute atomic E-state index is 13.1. The summed E-state index contributed by atoms with van der Waals surface area (Å²) in [6.07, 6.45) is 1.52. The fourth-order valence-corrected chi connectivity index (χ4v) is 2.34. The number of fused-ring (bicyclic) bond motifs is 1. The van der Waals surface area contributed by atoms with Crippen molar-refractivity contribution < 1.29 is 8.78 Å². The largest absolute Gasteiger partial charge is 0.339 e. The van der Waals surface area contributed by atoms with Crippen LogP contribution in [0.3, 0.4) is 0 Å². The molecule has 0 unspecified atom stereocenters. The molecule has 96 valence electrons. The number of rotatable bonds is 1. The van der Waals surface area contributed by atoms with Gasteiger partial charge in [0.25, 0.3) is 5.92 Å². The lowest BCUT2D eigenvalue weighted by molar-refractivity contribution is -0.0222. The zero-order valence-electron chi connectivity index (χ0n) is 9.48. The number of pyridine rings is 1. The van der Waals surface area contributed by atoms with Crippen LogP contribution >= 0.6 is 15.9 Å². The molecule has 3 rings (SSSR count). The first-order chi connectivity index (χ1) is 8.53. The van der Waals surface area contributed by atoms with E-state index >= 15 is 0 Å². The van der Waals surface area contributed by atoms with Crippen LogP contribution in [0.5, 0.6) is 0 Å². The van der Waals surface area contributed by atoms with Crippen LogP contribution in [-0.2, 0) is 0 Å². The molecule has 1 aliphatic rings. The first-order valence-corrected chi connectivity index (χ1v) is 6.48. The van der Waals surface area contributed by atoms with Gasteiger partial charge in [0.15, 0.2) is 5.65 Å². The smallest absolute Gasteiger partial charge is 0.251 e. The van der Waals surface area contributed by atoms with Crippen molar-refractivity contribution in [2.75, 3.05) is 18.0 Å². The number of piperidine rings is 1. The summed E-state index contributed by atoms with van der Waals surface area (Å²) in [5.74, 6) is -2.03. The lowest BCUT2D eigenvalue weighted by Crippen LogP contribution is -2.39. The number of hydrogen-bond donors (Lipinski definition) is 0. The van der Waals surface area contributed by atoms with Crippen molar-refractivity contribution in [1.29, 1.82) is 0 Å². The number of aromatic nitrogens is 3. The van der Waals surface area contributed by atoms with E-state index in [9.17, 15) is 8.78 Å². The second-order valence-electron chi connectivity index (χ2n) is 4.40. The third-order valence-electron chi connectivity index (χ3n) is 3.07. The normalized spacial score (nSPS) is 19.4. The monoisotopic (exact) mass is 316 g/mol.